The van der Waals surface area contributed by atoms with E-state index < -0.39 is 38.8 Å². The van der Waals surface area contributed by atoms with Crippen LogP contribution >= 0.6 is 0 Å². The van der Waals surface area contributed by atoms with E-state index in [1.807, 2.05) is 0 Å². The Kier molecular flexibility index (Phi) is 5.45. The average molecular weight is 319 g/mol. The number of aromatic nitrogens is 1. The Morgan fingerprint density at radius 2 is 1.47 bits per heavy atom. The molecule has 4 nitrogen and oxygen atoms in total. The summed E-state index contributed by atoms with van der Waals surface area (Å²) in [5.41, 5.74) is -3.94. The third-order valence-electron chi connectivity index (χ3n) is 1.68. The van der Waals surface area contributed by atoms with Crippen LogP contribution in [0.1, 0.15) is 11.3 Å². The summed E-state index contributed by atoms with van der Waals surface area (Å²) >= 11 is 0. The average Bonchev–Trinajstić information content (AvgIpc) is 2.13. The van der Waals surface area contributed by atoms with E-state index in [0.717, 1.165) is 0 Å². The first-order chi connectivity index (χ1) is 7.82. The molecule has 0 radical (unpaired) electrons. The van der Waals surface area contributed by atoms with Gasteiger partial charge in [0, 0.05) is 0 Å². The van der Waals surface area contributed by atoms with Crippen molar-refractivity contribution in [2.24, 2.45) is 0 Å². The van der Waals surface area contributed by atoms with E-state index in [-0.39, 0.29) is 41.7 Å². The standard InChI is InChI=1S/C7H3F6NO3S.Na.H/c8-6(9,10)3-1-4(7(11,12)13)14-5(2-3)18(15,16)17;;/h1-2H,(H,15,16,17);;. The molecule has 1 heterocycles. The van der Waals surface area contributed by atoms with Crippen molar-refractivity contribution in [2.45, 2.75) is 17.4 Å². The van der Waals surface area contributed by atoms with Gasteiger partial charge < -0.3 is 0 Å². The molecule has 0 aliphatic rings. The van der Waals surface area contributed by atoms with Crippen molar-refractivity contribution in [1.82, 2.24) is 4.98 Å². The van der Waals surface area contributed by atoms with Crippen LogP contribution in [0.25, 0.3) is 0 Å². The van der Waals surface area contributed by atoms with Crippen molar-refractivity contribution in [3.05, 3.63) is 23.4 Å². The molecule has 1 aromatic rings. The molecular weight excluding hydrogens is 315 g/mol. The molecule has 0 fully saturated rings. The van der Waals surface area contributed by atoms with E-state index in [2.05, 4.69) is 4.98 Å². The maximum atomic E-state index is 12.3. The Morgan fingerprint density at radius 3 is 1.79 bits per heavy atom. The van der Waals surface area contributed by atoms with E-state index in [1.54, 1.807) is 0 Å². The molecule has 1 N–H and O–H groups in total. The molecule has 0 bridgehead atoms. The predicted octanol–water partition coefficient (Wildman–Crippen LogP) is 1.72. The van der Waals surface area contributed by atoms with Gasteiger partial charge in [-0.1, -0.05) is 0 Å². The Hall–Kier alpha value is -0.360. The number of pyridine rings is 1. The van der Waals surface area contributed by atoms with E-state index in [1.165, 1.54) is 0 Å². The molecule has 1 rings (SSSR count). The summed E-state index contributed by atoms with van der Waals surface area (Å²) in [4.78, 5) is 2.43. The normalized spacial score (nSPS) is 13.0. The number of hydrogen-bond donors (Lipinski definition) is 1. The van der Waals surface area contributed by atoms with Crippen molar-refractivity contribution in [3.8, 4) is 0 Å². The number of nitrogens with zero attached hydrogens (tertiary/aromatic N) is 1. The number of alkyl halides is 6. The molecule has 0 spiro atoms. The van der Waals surface area contributed by atoms with Crippen LogP contribution in [0.3, 0.4) is 0 Å². The van der Waals surface area contributed by atoms with Crippen LogP contribution in [0.4, 0.5) is 26.3 Å². The van der Waals surface area contributed by atoms with Crippen molar-refractivity contribution < 1.29 is 39.3 Å². The predicted molar refractivity (Wildman–Crippen MR) is 51.2 cm³/mol. The van der Waals surface area contributed by atoms with Crippen LogP contribution in [0.5, 0.6) is 0 Å². The summed E-state index contributed by atoms with van der Waals surface area (Å²) in [6, 6.07) is -0.542. The van der Waals surface area contributed by atoms with Crippen LogP contribution in [-0.4, -0.2) is 47.5 Å². The first kappa shape index (κ1) is 18.6. The van der Waals surface area contributed by atoms with Gasteiger partial charge in [0.2, 0.25) is 0 Å². The van der Waals surface area contributed by atoms with Crippen molar-refractivity contribution in [2.75, 3.05) is 0 Å². The first-order valence-corrected chi connectivity index (χ1v) is 5.40. The van der Waals surface area contributed by atoms with Gasteiger partial charge in [-0.05, 0) is 12.1 Å². The number of halogens is 6. The molecule has 0 saturated heterocycles. The van der Waals surface area contributed by atoms with Gasteiger partial charge in [0.25, 0.3) is 0 Å². The molecule has 1 aromatic heterocycles. The quantitative estimate of drug-likeness (QED) is 0.486. The summed E-state index contributed by atoms with van der Waals surface area (Å²) in [5, 5.41) is -1.72. The Bertz CT molecular complexity index is 535. The van der Waals surface area contributed by atoms with E-state index in [0.29, 0.717) is 0 Å². The fourth-order valence-corrected chi connectivity index (χ4v) is 1.44. The first-order valence-electron chi connectivity index (χ1n) is 3.96. The summed E-state index contributed by atoms with van der Waals surface area (Å²) in [6.07, 6.45) is -10.5. The molecule has 0 unspecified atom stereocenters. The van der Waals surface area contributed by atoms with Gasteiger partial charge in [-0.2, -0.15) is 34.8 Å². The molecule has 104 valence electrons. The maximum absolute atomic E-state index is 12.3. The second-order valence-corrected chi connectivity index (χ2v) is 4.42. The van der Waals surface area contributed by atoms with Gasteiger partial charge >= 0.3 is 52.0 Å². The minimum absolute atomic E-state index is 0. The van der Waals surface area contributed by atoms with Crippen LogP contribution in [-0.2, 0) is 22.5 Å². The molecule has 0 aliphatic carbocycles. The molecule has 0 amide bonds. The Balaban J connectivity index is 0.00000324. The fourth-order valence-electron chi connectivity index (χ4n) is 0.946. The van der Waals surface area contributed by atoms with Crippen molar-refractivity contribution in [1.29, 1.82) is 0 Å². The third-order valence-corrected chi connectivity index (χ3v) is 2.42. The van der Waals surface area contributed by atoms with Crippen LogP contribution in [0.2, 0.25) is 0 Å². The van der Waals surface area contributed by atoms with E-state index in [9.17, 15) is 34.8 Å². The van der Waals surface area contributed by atoms with Crippen LogP contribution < -0.4 is 0 Å². The van der Waals surface area contributed by atoms with Gasteiger partial charge in [0.15, 0.2) is 5.03 Å². The molecule has 0 atom stereocenters. The topological polar surface area (TPSA) is 67.3 Å². The summed E-state index contributed by atoms with van der Waals surface area (Å²) in [5.74, 6) is 0. The van der Waals surface area contributed by atoms with Gasteiger partial charge in [0.1, 0.15) is 5.69 Å². The SMILES string of the molecule is O=S(=O)(O)c1cc(C(F)(F)F)cc(C(F)(F)F)n1.[NaH]. The van der Waals surface area contributed by atoms with Gasteiger partial charge in [-0.25, -0.2) is 4.98 Å². The number of hydrogen-bond acceptors (Lipinski definition) is 3. The fraction of sp³-hybridized carbons (Fsp3) is 0.286. The molecule has 0 aliphatic heterocycles. The molecule has 0 saturated carbocycles. The Labute approximate surface area is 124 Å². The zero-order valence-electron chi connectivity index (χ0n) is 8.04. The molecule has 12 heteroatoms. The minimum atomic E-state index is -5.28. The second kappa shape index (κ2) is 5.56. The summed E-state index contributed by atoms with van der Waals surface area (Å²) in [7, 11) is -5.28. The molecule has 0 aromatic carbocycles. The zero-order chi connectivity index (χ0) is 14.4. The summed E-state index contributed by atoms with van der Waals surface area (Å²) in [6.45, 7) is 0. The van der Waals surface area contributed by atoms with E-state index in [4.69, 9.17) is 4.55 Å². The van der Waals surface area contributed by atoms with Crippen molar-refractivity contribution in [3.63, 3.8) is 0 Å². The van der Waals surface area contributed by atoms with Crippen molar-refractivity contribution >= 4 is 39.7 Å². The second-order valence-electron chi connectivity index (χ2n) is 3.05. The Morgan fingerprint density at radius 1 is 1.00 bits per heavy atom. The zero-order valence-corrected chi connectivity index (χ0v) is 8.86. The summed E-state index contributed by atoms with van der Waals surface area (Å²) < 4.78 is 103. The van der Waals surface area contributed by atoms with Gasteiger partial charge in [-0.15, -0.1) is 0 Å². The number of rotatable bonds is 1. The molecule has 19 heavy (non-hydrogen) atoms. The van der Waals surface area contributed by atoms with Crippen LogP contribution in [0, 0.1) is 0 Å². The third kappa shape index (κ3) is 4.91. The molecular formula is C7H4F6NNaO3S. The van der Waals surface area contributed by atoms with Crippen LogP contribution in [0.15, 0.2) is 17.2 Å². The monoisotopic (exact) mass is 319 g/mol. The van der Waals surface area contributed by atoms with Gasteiger partial charge in [0.05, 0.1) is 5.56 Å². The van der Waals surface area contributed by atoms with E-state index >= 15 is 0 Å². The van der Waals surface area contributed by atoms with Gasteiger partial charge in [-0.3, -0.25) is 4.55 Å².